The summed E-state index contributed by atoms with van der Waals surface area (Å²) in [7, 11) is 2.16. The Morgan fingerprint density at radius 3 is 2.71 bits per heavy atom. The van der Waals surface area contributed by atoms with Crippen LogP contribution in [-0.2, 0) is 13.0 Å². The van der Waals surface area contributed by atoms with Crippen LogP contribution in [0.5, 0.6) is 0 Å². The summed E-state index contributed by atoms with van der Waals surface area (Å²) in [6.07, 6.45) is 3.09. The van der Waals surface area contributed by atoms with Crippen LogP contribution in [0.2, 0.25) is 0 Å². The highest BCUT2D eigenvalue weighted by atomic mass is 15.3. The molecule has 3 nitrogen and oxygen atoms in total. The first kappa shape index (κ1) is 10.5. The zero-order chi connectivity index (χ0) is 11.8. The van der Waals surface area contributed by atoms with Crippen molar-refractivity contribution in [3.8, 4) is 5.69 Å². The van der Waals surface area contributed by atoms with E-state index in [2.05, 4.69) is 52.9 Å². The lowest BCUT2D eigenvalue weighted by atomic mass is 10.1. The van der Waals surface area contributed by atoms with E-state index in [4.69, 9.17) is 0 Å². The molecule has 0 bridgehead atoms. The summed E-state index contributed by atoms with van der Waals surface area (Å²) in [6.45, 7) is 4.24. The zero-order valence-corrected chi connectivity index (χ0v) is 10.3. The van der Waals surface area contributed by atoms with Gasteiger partial charge in [-0.3, -0.25) is 0 Å². The molecule has 0 saturated carbocycles. The van der Waals surface area contributed by atoms with E-state index in [1.165, 1.54) is 22.5 Å². The van der Waals surface area contributed by atoms with E-state index in [0.29, 0.717) is 0 Å². The first-order valence-electron chi connectivity index (χ1n) is 6.05. The second-order valence-electron chi connectivity index (χ2n) is 4.85. The van der Waals surface area contributed by atoms with Crippen LogP contribution in [0.4, 0.5) is 0 Å². The van der Waals surface area contributed by atoms with Crippen molar-refractivity contribution in [2.45, 2.75) is 19.9 Å². The Bertz CT molecular complexity index is 525. The van der Waals surface area contributed by atoms with Crippen LogP contribution in [0.1, 0.15) is 16.8 Å². The number of rotatable bonds is 1. The molecule has 0 atom stereocenters. The molecular formula is C14H17N3. The highest BCUT2D eigenvalue weighted by Crippen LogP contribution is 2.21. The molecule has 17 heavy (non-hydrogen) atoms. The molecule has 1 aliphatic rings. The van der Waals surface area contributed by atoms with Gasteiger partial charge in [0.2, 0.25) is 0 Å². The molecule has 3 rings (SSSR count). The van der Waals surface area contributed by atoms with E-state index in [-0.39, 0.29) is 0 Å². The van der Waals surface area contributed by atoms with Gasteiger partial charge < -0.3 is 4.90 Å². The van der Waals surface area contributed by atoms with E-state index in [1.54, 1.807) is 0 Å². The van der Waals surface area contributed by atoms with Crippen LogP contribution in [-0.4, -0.2) is 28.3 Å². The molecule has 1 aromatic carbocycles. The van der Waals surface area contributed by atoms with Crippen LogP contribution in [0.25, 0.3) is 5.69 Å². The minimum atomic E-state index is 1.02. The second kappa shape index (κ2) is 4.00. The van der Waals surface area contributed by atoms with Crippen LogP contribution in [0.3, 0.4) is 0 Å². The fraction of sp³-hybridized carbons (Fsp3) is 0.357. The molecule has 2 heterocycles. The van der Waals surface area contributed by atoms with Gasteiger partial charge in [-0.15, -0.1) is 0 Å². The number of aryl methyl sites for hydroxylation is 1. The lowest BCUT2D eigenvalue weighted by molar-refractivity contribution is 0.310. The van der Waals surface area contributed by atoms with E-state index in [0.717, 1.165) is 19.5 Å². The maximum Gasteiger partial charge on any atom is 0.0649 e. The van der Waals surface area contributed by atoms with Crippen molar-refractivity contribution in [1.29, 1.82) is 0 Å². The maximum absolute atomic E-state index is 4.52. The van der Waals surface area contributed by atoms with E-state index in [9.17, 15) is 0 Å². The summed E-state index contributed by atoms with van der Waals surface area (Å²) in [5.41, 5.74) is 5.18. The van der Waals surface area contributed by atoms with Crippen molar-refractivity contribution < 1.29 is 0 Å². The van der Waals surface area contributed by atoms with Crippen molar-refractivity contribution in [2.24, 2.45) is 0 Å². The van der Waals surface area contributed by atoms with Gasteiger partial charge in [0.05, 0.1) is 11.9 Å². The Hall–Kier alpha value is -1.61. The van der Waals surface area contributed by atoms with Gasteiger partial charge in [0.15, 0.2) is 0 Å². The van der Waals surface area contributed by atoms with Crippen molar-refractivity contribution in [3.05, 3.63) is 47.3 Å². The highest BCUT2D eigenvalue weighted by molar-refractivity contribution is 5.37. The summed E-state index contributed by atoms with van der Waals surface area (Å²) >= 11 is 0. The second-order valence-corrected chi connectivity index (χ2v) is 4.85. The Kier molecular flexibility index (Phi) is 2.48. The average Bonchev–Trinajstić information content (AvgIpc) is 2.73. The molecule has 0 saturated heterocycles. The van der Waals surface area contributed by atoms with Crippen molar-refractivity contribution in [3.63, 3.8) is 0 Å². The predicted molar refractivity (Wildman–Crippen MR) is 68.3 cm³/mol. The Labute approximate surface area is 102 Å². The Morgan fingerprint density at radius 1 is 1.18 bits per heavy atom. The summed E-state index contributed by atoms with van der Waals surface area (Å²) in [4.78, 5) is 2.34. The van der Waals surface area contributed by atoms with Gasteiger partial charge in [-0.2, -0.15) is 5.10 Å². The van der Waals surface area contributed by atoms with Crippen LogP contribution in [0.15, 0.2) is 30.5 Å². The van der Waals surface area contributed by atoms with Crippen LogP contribution < -0.4 is 0 Å². The summed E-state index contributed by atoms with van der Waals surface area (Å²) in [5.74, 6) is 0. The standard InChI is InChI=1S/C14H17N3/c1-11-3-5-13(6-4-11)17-14-7-8-16(2)10-12(14)9-15-17/h3-6,9H,7-8,10H2,1-2H3. The van der Waals surface area contributed by atoms with Gasteiger partial charge in [0.25, 0.3) is 0 Å². The largest absolute Gasteiger partial charge is 0.302 e. The number of fused-ring (bicyclic) bond motifs is 1. The third-order valence-electron chi connectivity index (χ3n) is 3.40. The summed E-state index contributed by atoms with van der Waals surface area (Å²) in [5, 5.41) is 4.52. The lowest BCUT2D eigenvalue weighted by Gasteiger charge is -2.22. The number of likely N-dealkylation sites (N-methyl/N-ethyl adjacent to an activating group) is 1. The van der Waals surface area contributed by atoms with Gasteiger partial charge in [-0.1, -0.05) is 17.7 Å². The van der Waals surface area contributed by atoms with Gasteiger partial charge >= 0.3 is 0 Å². The summed E-state index contributed by atoms with van der Waals surface area (Å²) in [6, 6.07) is 8.55. The fourth-order valence-corrected chi connectivity index (χ4v) is 2.38. The minimum absolute atomic E-state index is 1.02. The van der Waals surface area contributed by atoms with Crippen molar-refractivity contribution >= 4 is 0 Å². The molecule has 1 aliphatic heterocycles. The average molecular weight is 227 g/mol. The predicted octanol–water partition coefficient (Wildman–Crippen LogP) is 2.17. The maximum atomic E-state index is 4.52. The van der Waals surface area contributed by atoms with Crippen LogP contribution in [0, 0.1) is 6.92 Å². The molecular weight excluding hydrogens is 210 g/mol. The number of hydrogen-bond donors (Lipinski definition) is 0. The molecule has 1 aromatic heterocycles. The van der Waals surface area contributed by atoms with Gasteiger partial charge in [0.1, 0.15) is 0 Å². The molecule has 0 aliphatic carbocycles. The molecule has 0 unspecified atom stereocenters. The van der Waals surface area contributed by atoms with E-state index < -0.39 is 0 Å². The smallest absolute Gasteiger partial charge is 0.0649 e. The Balaban J connectivity index is 2.02. The number of nitrogens with zero attached hydrogens (tertiary/aromatic N) is 3. The lowest BCUT2D eigenvalue weighted by Crippen LogP contribution is -2.27. The third-order valence-corrected chi connectivity index (χ3v) is 3.40. The molecule has 0 spiro atoms. The fourth-order valence-electron chi connectivity index (χ4n) is 2.38. The molecule has 0 amide bonds. The molecule has 0 radical (unpaired) electrons. The summed E-state index contributed by atoms with van der Waals surface area (Å²) < 4.78 is 2.09. The zero-order valence-electron chi connectivity index (χ0n) is 10.3. The SMILES string of the molecule is Cc1ccc(-n2ncc3c2CCN(C)C3)cc1. The topological polar surface area (TPSA) is 21.1 Å². The van der Waals surface area contributed by atoms with E-state index >= 15 is 0 Å². The first-order valence-corrected chi connectivity index (χ1v) is 6.05. The van der Waals surface area contributed by atoms with Gasteiger partial charge in [-0.25, -0.2) is 4.68 Å². The molecule has 88 valence electrons. The number of hydrogen-bond acceptors (Lipinski definition) is 2. The highest BCUT2D eigenvalue weighted by Gasteiger charge is 2.18. The molecule has 0 N–H and O–H groups in total. The quantitative estimate of drug-likeness (QED) is 0.744. The molecule has 3 heteroatoms. The van der Waals surface area contributed by atoms with Gasteiger partial charge in [0, 0.05) is 30.8 Å². The monoisotopic (exact) mass is 227 g/mol. The molecule has 2 aromatic rings. The van der Waals surface area contributed by atoms with Crippen LogP contribution >= 0.6 is 0 Å². The Morgan fingerprint density at radius 2 is 1.94 bits per heavy atom. The molecule has 0 fully saturated rings. The first-order chi connectivity index (χ1) is 8.24. The number of aromatic nitrogens is 2. The van der Waals surface area contributed by atoms with Crippen molar-refractivity contribution in [1.82, 2.24) is 14.7 Å². The minimum Gasteiger partial charge on any atom is -0.302 e. The van der Waals surface area contributed by atoms with Crippen molar-refractivity contribution in [2.75, 3.05) is 13.6 Å². The number of benzene rings is 1. The van der Waals surface area contributed by atoms with E-state index in [1.807, 2.05) is 6.20 Å². The third kappa shape index (κ3) is 1.87. The normalized spacial score (nSPS) is 15.9. The van der Waals surface area contributed by atoms with Gasteiger partial charge in [-0.05, 0) is 26.1 Å².